The SMILES string of the molecule is O=C(N1CCN(c2cccc(C(F)(F)F)c2)CC1)N1CC(Oc2cccc(C(F)(F)F)c2)C1.O=C(O)C=CC(=O)O. The number of carbonyl (C=O) groups is 3. The van der Waals surface area contributed by atoms with E-state index in [0.717, 1.165) is 24.3 Å². The van der Waals surface area contributed by atoms with E-state index in [9.17, 15) is 40.7 Å². The van der Waals surface area contributed by atoms with Gasteiger partial charge in [0.25, 0.3) is 0 Å². The number of aliphatic carboxylic acids is 2. The Morgan fingerprint density at radius 1 is 0.756 bits per heavy atom. The lowest BCUT2D eigenvalue weighted by Crippen LogP contribution is -2.61. The molecule has 0 spiro atoms. The Labute approximate surface area is 229 Å². The molecule has 2 saturated heterocycles. The van der Waals surface area contributed by atoms with Crippen LogP contribution in [-0.4, -0.2) is 83.4 Å². The summed E-state index contributed by atoms with van der Waals surface area (Å²) in [5.74, 6) is -2.42. The molecule has 2 aromatic carbocycles. The molecule has 2 fully saturated rings. The maximum absolute atomic E-state index is 12.9. The van der Waals surface area contributed by atoms with Crippen LogP contribution < -0.4 is 9.64 Å². The first kappa shape index (κ1) is 31.1. The second-order valence-corrected chi connectivity index (χ2v) is 8.98. The van der Waals surface area contributed by atoms with E-state index in [4.69, 9.17) is 14.9 Å². The van der Waals surface area contributed by atoms with E-state index >= 15 is 0 Å². The highest BCUT2D eigenvalue weighted by atomic mass is 19.4. The molecule has 41 heavy (non-hydrogen) atoms. The summed E-state index contributed by atoms with van der Waals surface area (Å²) in [5.41, 5.74) is -1.06. The van der Waals surface area contributed by atoms with Gasteiger partial charge in [0.05, 0.1) is 24.2 Å². The molecule has 0 aromatic heterocycles. The van der Waals surface area contributed by atoms with E-state index in [0.29, 0.717) is 44.0 Å². The maximum Gasteiger partial charge on any atom is 0.416 e. The van der Waals surface area contributed by atoms with E-state index in [1.54, 1.807) is 15.9 Å². The number of alkyl halides is 6. The van der Waals surface area contributed by atoms with Crippen LogP contribution in [0.3, 0.4) is 0 Å². The molecule has 2 aliphatic heterocycles. The summed E-state index contributed by atoms with van der Waals surface area (Å²) >= 11 is 0. The van der Waals surface area contributed by atoms with Gasteiger partial charge in [-0.15, -0.1) is 0 Å². The zero-order chi connectivity index (χ0) is 30.4. The standard InChI is InChI=1S/C22H21F6N3O2.C4H4O4/c23-21(24,25)15-3-1-5-17(11-15)29-7-9-30(10-8-29)20(32)31-13-19(14-31)33-18-6-2-4-16(12-18)22(26,27)28;5-3(6)1-2-4(7)8/h1-6,11-12,19H,7-10,13-14H2;1-2H,(H,5,6)(H,7,8). The van der Waals surface area contributed by atoms with Gasteiger partial charge >= 0.3 is 30.3 Å². The van der Waals surface area contributed by atoms with Crippen molar-refractivity contribution in [2.24, 2.45) is 0 Å². The van der Waals surface area contributed by atoms with Crippen LogP contribution in [0.1, 0.15) is 11.1 Å². The van der Waals surface area contributed by atoms with Crippen molar-refractivity contribution in [2.75, 3.05) is 44.2 Å². The molecule has 0 unspecified atom stereocenters. The van der Waals surface area contributed by atoms with Crippen LogP contribution in [0.5, 0.6) is 5.75 Å². The molecule has 15 heteroatoms. The molecule has 2 N–H and O–H groups in total. The number of benzene rings is 2. The summed E-state index contributed by atoms with van der Waals surface area (Å²) in [6, 6.07) is 9.46. The molecule has 0 aliphatic carbocycles. The highest BCUT2D eigenvalue weighted by molar-refractivity contribution is 5.89. The van der Waals surface area contributed by atoms with E-state index < -0.39 is 41.5 Å². The van der Waals surface area contributed by atoms with E-state index in [-0.39, 0.29) is 24.9 Å². The van der Waals surface area contributed by atoms with Crippen LogP contribution in [0, 0.1) is 0 Å². The normalized spacial score (nSPS) is 16.1. The van der Waals surface area contributed by atoms with Gasteiger partial charge in [0.1, 0.15) is 11.9 Å². The number of piperazine rings is 1. The van der Waals surface area contributed by atoms with Crippen molar-refractivity contribution in [2.45, 2.75) is 18.5 Å². The highest BCUT2D eigenvalue weighted by Crippen LogP contribution is 2.33. The van der Waals surface area contributed by atoms with Gasteiger partial charge in [0.2, 0.25) is 0 Å². The lowest BCUT2D eigenvalue weighted by molar-refractivity contribution is -0.138. The van der Waals surface area contributed by atoms with Crippen LogP contribution >= 0.6 is 0 Å². The monoisotopic (exact) mass is 589 g/mol. The highest BCUT2D eigenvalue weighted by Gasteiger charge is 2.37. The smallest absolute Gasteiger partial charge is 0.416 e. The molecule has 0 radical (unpaired) electrons. The topological polar surface area (TPSA) is 111 Å². The molecule has 2 aromatic rings. The fourth-order valence-corrected chi connectivity index (χ4v) is 3.98. The summed E-state index contributed by atoms with van der Waals surface area (Å²) in [5, 5.41) is 15.6. The van der Waals surface area contributed by atoms with Crippen LogP contribution in [0.2, 0.25) is 0 Å². The van der Waals surface area contributed by atoms with Gasteiger partial charge in [0, 0.05) is 44.0 Å². The number of halogens is 6. The summed E-state index contributed by atoms with van der Waals surface area (Å²) < 4.78 is 82.8. The molecular formula is C26H25F6N3O6. The van der Waals surface area contributed by atoms with Crippen molar-refractivity contribution in [3.8, 4) is 5.75 Å². The average molecular weight is 589 g/mol. The first-order chi connectivity index (χ1) is 19.1. The largest absolute Gasteiger partial charge is 0.487 e. The second kappa shape index (κ2) is 12.8. The van der Waals surface area contributed by atoms with Gasteiger partial charge < -0.3 is 29.6 Å². The van der Waals surface area contributed by atoms with E-state index in [2.05, 4.69) is 0 Å². The number of urea groups is 1. The van der Waals surface area contributed by atoms with Crippen molar-refractivity contribution in [1.29, 1.82) is 0 Å². The third kappa shape index (κ3) is 9.05. The number of hydrogen-bond donors (Lipinski definition) is 2. The maximum atomic E-state index is 12.9. The number of rotatable bonds is 5. The Balaban J connectivity index is 0.000000507. The minimum absolute atomic E-state index is 0.0941. The van der Waals surface area contributed by atoms with Crippen molar-refractivity contribution in [3.05, 3.63) is 71.8 Å². The first-order valence-electron chi connectivity index (χ1n) is 12.1. The van der Waals surface area contributed by atoms with Crippen LogP contribution in [-0.2, 0) is 21.9 Å². The minimum Gasteiger partial charge on any atom is -0.487 e. The van der Waals surface area contributed by atoms with Crippen molar-refractivity contribution in [3.63, 3.8) is 0 Å². The summed E-state index contributed by atoms with van der Waals surface area (Å²) in [6.07, 6.45) is -8.16. The van der Waals surface area contributed by atoms with Crippen LogP contribution in [0.15, 0.2) is 60.7 Å². The van der Waals surface area contributed by atoms with Crippen LogP contribution in [0.25, 0.3) is 0 Å². The average Bonchev–Trinajstić information content (AvgIpc) is 2.89. The fraction of sp³-hybridized carbons (Fsp3) is 0.346. The van der Waals surface area contributed by atoms with E-state index in [1.807, 2.05) is 0 Å². The Bertz CT molecular complexity index is 1250. The Morgan fingerprint density at radius 2 is 1.27 bits per heavy atom. The molecular weight excluding hydrogens is 564 g/mol. The minimum atomic E-state index is -4.46. The third-order valence-corrected chi connectivity index (χ3v) is 6.04. The summed E-state index contributed by atoms with van der Waals surface area (Å²) in [7, 11) is 0. The third-order valence-electron chi connectivity index (χ3n) is 6.04. The second-order valence-electron chi connectivity index (χ2n) is 8.98. The van der Waals surface area contributed by atoms with Gasteiger partial charge in [0.15, 0.2) is 0 Å². The Morgan fingerprint density at radius 3 is 1.78 bits per heavy atom. The molecule has 0 bridgehead atoms. The van der Waals surface area contributed by atoms with Gasteiger partial charge in [-0.25, -0.2) is 14.4 Å². The predicted octanol–water partition coefficient (Wildman–Crippen LogP) is 4.44. The fourth-order valence-electron chi connectivity index (χ4n) is 3.98. The van der Waals surface area contributed by atoms with Gasteiger partial charge in [-0.3, -0.25) is 0 Å². The number of ether oxygens (including phenoxy) is 1. The Kier molecular flexibility index (Phi) is 9.73. The molecule has 222 valence electrons. The number of anilines is 1. The molecule has 0 atom stereocenters. The zero-order valence-corrected chi connectivity index (χ0v) is 21.2. The molecule has 2 amide bonds. The number of nitrogens with zero attached hydrogens (tertiary/aromatic N) is 3. The molecule has 4 rings (SSSR count). The number of hydrogen-bond acceptors (Lipinski definition) is 5. The number of likely N-dealkylation sites (tertiary alicyclic amines) is 1. The number of carbonyl (C=O) groups excluding carboxylic acids is 1. The van der Waals surface area contributed by atoms with E-state index in [1.165, 1.54) is 23.1 Å². The Hall–Kier alpha value is -4.43. The summed E-state index contributed by atoms with van der Waals surface area (Å²) in [6.45, 7) is 2.00. The van der Waals surface area contributed by atoms with Gasteiger partial charge in [-0.2, -0.15) is 26.3 Å². The number of amides is 2. The lowest BCUT2D eigenvalue weighted by atomic mass is 10.1. The van der Waals surface area contributed by atoms with Gasteiger partial charge in [-0.05, 0) is 36.4 Å². The molecule has 2 aliphatic rings. The van der Waals surface area contributed by atoms with Crippen LogP contribution in [0.4, 0.5) is 36.8 Å². The van der Waals surface area contributed by atoms with Crippen molar-refractivity contribution in [1.82, 2.24) is 9.80 Å². The molecule has 0 saturated carbocycles. The summed E-state index contributed by atoms with van der Waals surface area (Å²) in [4.78, 5) is 36.7. The number of carboxylic acid groups (broad SMARTS) is 2. The zero-order valence-electron chi connectivity index (χ0n) is 21.2. The van der Waals surface area contributed by atoms with Crippen molar-refractivity contribution < 1.29 is 55.7 Å². The number of carboxylic acids is 2. The quantitative estimate of drug-likeness (QED) is 0.392. The van der Waals surface area contributed by atoms with Gasteiger partial charge in [-0.1, -0.05) is 12.1 Å². The lowest BCUT2D eigenvalue weighted by Gasteiger charge is -2.44. The predicted molar refractivity (Wildman–Crippen MR) is 132 cm³/mol. The van der Waals surface area contributed by atoms with Crippen molar-refractivity contribution >= 4 is 23.7 Å². The molecule has 2 heterocycles. The molecule has 9 nitrogen and oxygen atoms in total. The first-order valence-corrected chi connectivity index (χ1v) is 12.1.